The third-order valence-corrected chi connectivity index (χ3v) is 3.78. The molecule has 8 heteroatoms. The Morgan fingerprint density at radius 3 is 3.09 bits per heavy atom. The third-order valence-electron chi connectivity index (χ3n) is 3.49. The van der Waals surface area contributed by atoms with Crippen molar-refractivity contribution in [1.82, 2.24) is 20.9 Å². The summed E-state index contributed by atoms with van der Waals surface area (Å²) in [5, 5.41) is 9.51. The first-order valence-corrected chi connectivity index (χ1v) is 7.55. The molecule has 1 amide bonds. The fourth-order valence-corrected chi connectivity index (χ4v) is 2.56. The summed E-state index contributed by atoms with van der Waals surface area (Å²) in [6.45, 7) is 1.86. The fraction of sp³-hybridized carbons (Fsp3) is 0.500. The van der Waals surface area contributed by atoms with Crippen LogP contribution in [0.1, 0.15) is 6.42 Å². The maximum absolute atomic E-state index is 11.3. The van der Waals surface area contributed by atoms with Crippen LogP contribution in [0.3, 0.4) is 0 Å². The quantitative estimate of drug-likeness (QED) is 0.545. The average molecular weight is 325 g/mol. The summed E-state index contributed by atoms with van der Waals surface area (Å²) in [6, 6.07) is 3.89. The topological polar surface area (TPSA) is 81.6 Å². The summed E-state index contributed by atoms with van der Waals surface area (Å²) in [4.78, 5) is 21.9. The second-order valence-corrected chi connectivity index (χ2v) is 5.39. The highest BCUT2D eigenvalue weighted by molar-refractivity contribution is 6.32. The standard InChI is InChI=1S/C14H21ClN6O/c1-16-12(22)8-19-14(17-2)20-10-5-7-21(9-10)13-11(15)4-3-6-18-13/h3-4,6,10H,5,7-9H2,1-2H3,(H,16,22)(H2,17,19,20). The van der Waals surface area contributed by atoms with Crippen molar-refractivity contribution in [3.05, 3.63) is 23.4 Å². The Bertz CT molecular complexity index is 550. The number of hydrogen-bond acceptors (Lipinski definition) is 4. The zero-order valence-corrected chi connectivity index (χ0v) is 13.5. The molecular formula is C14H21ClN6O. The number of carbonyl (C=O) groups is 1. The van der Waals surface area contributed by atoms with E-state index in [-0.39, 0.29) is 18.5 Å². The molecule has 2 rings (SSSR count). The lowest BCUT2D eigenvalue weighted by atomic mass is 10.3. The van der Waals surface area contributed by atoms with Crippen LogP contribution >= 0.6 is 11.6 Å². The van der Waals surface area contributed by atoms with E-state index >= 15 is 0 Å². The van der Waals surface area contributed by atoms with E-state index in [0.29, 0.717) is 11.0 Å². The van der Waals surface area contributed by atoms with Crippen LogP contribution in [-0.4, -0.2) is 56.6 Å². The number of hydrogen-bond donors (Lipinski definition) is 3. The molecule has 1 aliphatic heterocycles. The third kappa shape index (κ3) is 4.24. The van der Waals surface area contributed by atoms with Gasteiger partial charge in [-0.15, -0.1) is 0 Å². The first kappa shape index (κ1) is 16.4. The zero-order valence-electron chi connectivity index (χ0n) is 12.8. The second kappa shape index (κ2) is 7.84. The Morgan fingerprint density at radius 2 is 2.41 bits per heavy atom. The van der Waals surface area contributed by atoms with E-state index in [0.717, 1.165) is 25.3 Å². The van der Waals surface area contributed by atoms with E-state index in [4.69, 9.17) is 11.6 Å². The van der Waals surface area contributed by atoms with E-state index in [1.807, 2.05) is 12.1 Å². The molecule has 120 valence electrons. The largest absolute Gasteiger partial charge is 0.358 e. The molecule has 2 heterocycles. The molecule has 1 aromatic rings. The van der Waals surface area contributed by atoms with Crippen molar-refractivity contribution in [3.63, 3.8) is 0 Å². The Morgan fingerprint density at radius 1 is 1.59 bits per heavy atom. The van der Waals surface area contributed by atoms with Crippen LogP contribution in [-0.2, 0) is 4.79 Å². The number of aliphatic imine (C=N–C) groups is 1. The summed E-state index contributed by atoms with van der Waals surface area (Å²) >= 11 is 6.18. The van der Waals surface area contributed by atoms with Crippen LogP contribution in [0.25, 0.3) is 0 Å². The lowest BCUT2D eigenvalue weighted by Gasteiger charge is -2.20. The highest BCUT2D eigenvalue weighted by Gasteiger charge is 2.25. The summed E-state index contributed by atoms with van der Waals surface area (Å²) in [6.07, 6.45) is 2.69. The van der Waals surface area contributed by atoms with E-state index in [9.17, 15) is 4.79 Å². The van der Waals surface area contributed by atoms with Crippen LogP contribution in [0.5, 0.6) is 0 Å². The first-order chi connectivity index (χ1) is 10.6. The molecule has 1 atom stereocenters. The normalized spacial score (nSPS) is 18.2. The SMILES string of the molecule is CN=C(NCC(=O)NC)NC1CCN(c2ncccc2Cl)C1. The van der Waals surface area contributed by atoms with Crippen molar-refractivity contribution >= 4 is 29.3 Å². The van der Waals surface area contributed by atoms with Crippen LogP contribution in [0.15, 0.2) is 23.3 Å². The van der Waals surface area contributed by atoms with E-state index in [1.54, 1.807) is 20.3 Å². The smallest absolute Gasteiger partial charge is 0.239 e. The van der Waals surface area contributed by atoms with Crippen LogP contribution in [0, 0.1) is 0 Å². The number of nitrogens with one attached hydrogen (secondary N) is 3. The number of aromatic nitrogens is 1. The van der Waals surface area contributed by atoms with Crippen molar-refractivity contribution < 1.29 is 4.79 Å². The zero-order chi connectivity index (χ0) is 15.9. The van der Waals surface area contributed by atoms with Gasteiger partial charge in [-0.3, -0.25) is 9.79 Å². The molecule has 1 aliphatic rings. The number of carbonyl (C=O) groups excluding carboxylic acids is 1. The number of amides is 1. The minimum atomic E-state index is -0.0868. The molecule has 1 saturated heterocycles. The van der Waals surface area contributed by atoms with E-state index in [2.05, 4.69) is 30.8 Å². The van der Waals surface area contributed by atoms with Gasteiger partial charge in [-0.2, -0.15) is 0 Å². The monoisotopic (exact) mass is 324 g/mol. The number of rotatable bonds is 4. The summed E-state index contributed by atoms with van der Waals surface area (Å²) in [5.74, 6) is 1.33. The summed E-state index contributed by atoms with van der Waals surface area (Å²) in [5.41, 5.74) is 0. The maximum atomic E-state index is 11.3. The molecule has 1 unspecified atom stereocenters. The van der Waals surface area contributed by atoms with Crippen molar-refractivity contribution in [2.75, 3.05) is 38.6 Å². The van der Waals surface area contributed by atoms with Gasteiger partial charge in [-0.1, -0.05) is 11.6 Å². The van der Waals surface area contributed by atoms with E-state index in [1.165, 1.54) is 0 Å². The van der Waals surface area contributed by atoms with Gasteiger partial charge < -0.3 is 20.9 Å². The van der Waals surface area contributed by atoms with Crippen molar-refractivity contribution in [2.45, 2.75) is 12.5 Å². The van der Waals surface area contributed by atoms with Crippen LogP contribution in [0.2, 0.25) is 5.02 Å². The van der Waals surface area contributed by atoms with Crippen molar-refractivity contribution in [2.24, 2.45) is 4.99 Å². The van der Waals surface area contributed by atoms with Gasteiger partial charge in [0.2, 0.25) is 5.91 Å². The maximum Gasteiger partial charge on any atom is 0.239 e. The second-order valence-electron chi connectivity index (χ2n) is 4.98. The Hall–Kier alpha value is -2.02. The van der Waals surface area contributed by atoms with Crippen molar-refractivity contribution in [1.29, 1.82) is 0 Å². The molecule has 0 saturated carbocycles. The van der Waals surface area contributed by atoms with E-state index < -0.39 is 0 Å². The minimum Gasteiger partial charge on any atom is -0.358 e. The number of halogens is 1. The predicted molar refractivity (Wildman–Crippen MR) is 88.4 cm³/mol. The lowest BCUT2D eigenvalue weighted by molar-refractivity contribution is -0.119. The molecule has 1 aromatic heterocycles. The molecule has 3 N–H and O–H groups in total. The highest BCUT2D eigenvalue weighted by atomic mass is 35.5. The average Bonchev–Trinajstić information content (AvgIpc) is 2.99. The van der Waals surface area contributed by atoms with Crippen molar-refractivity contribution in [3.8, 4) is 0 Å². The van der Waals surface area contributed by atoms with Gasteiger partial charge >= 0.3 is 0 Å². The van der Waals surface area contributed by atoms with Crippen LogP contribution < -0.4 is 20.9 Å². The lowest BCUT2D eigenvalue weighted by Crippen LogP contribution is -2.47. The number of likely N-dealkylation sites (N-methyl/N-ethyl adjacent to an activating group) is 1. The molecule has 0 radical (unpaired) electrons. The van der Waals surface area contributed by atoms with Crippen LogP contribution in [0.4, 0.5) is 5.82 Å². The Labute approximate surface area is 135 Å². The highest BCUT2D eigenvalue weighted by Crippen LogP contribution is 2.25. The summed E-state index contributed by atoms with van der Waals surface area (Å²) in [7, 11) is 3.28. The molecule has 0 aromatic carbocycles. The molecule has 7 nitrogen and oxygen atoms in total. The van der Waals surface area contributed by atoms with Gasteiger partial charge in [0.15, 0.2) is 5.96 Å². The molecular weight excluding hydrogens is 304 g/mol. The number of guanidine groups is 1. The van der Waals surface area contributed by atoms with Gasteiger partial charge in [0.1, 0.15) is 5.82 Å². The molecule has 22 heavy (non-hydrogen) atoms. The molecule has 1 fully saturated rings. The summed E-state index contributed by atoms with van der Waals surface area (Å²) < 4.78 is 0. The Balaban J connectivity index is 1.87. The Kier molecular flexibility index (Phi) is 5.83. The first-order valence-electron chi connectivity index (χ1n) is 7.17. The minimum absolute atomic E-state index is 0.0868. The van der Waals surface area contributed by atoms with Gasteiger partial charge in [-0.25, -0.2) is 4.98 Å². The van der Waals surface area contributed by atoms with Gasteiger partial charge in [0, 0.05) is 39.4 Å². The number of pyridine rings is 1. The molecule has 0 spiro atoms. The van der Waals surface area contributed by atoms with Gasteiger partial charge in [-0.05, 0) is 18.6 Å². The predicted octanol–water partition coefficient (Wildman–Crippen LogP) is 0.225. The number of nitrogens with zero attached hydrogens (tertiary/aromatic N) is 3. The molecule has 0 bridgehead atoms. The van der Waals surface area contributed by atoms with Gasteiger partial charge in [0.05, 0.1) is 11.6 Å². The fourth-order valence-electron chi connectivity index (χ4n) is 2.32. The molecule has 0 aliphatic carbocycles. The van der Waals surface area contributed by atoms with Gasteiger partial charge in [0.25, 0.3) is 0 Å². The number of anilines is 1.